The fraction of sp³-hybridized carbons (Fsp3) is 0.400. The van der Waals surface area contributed by atoms with Gasteiger partial charge in [0.25, 0.3) is 0 Å². The molecule has 110 valence electrons. The normalized spacial score (nSPS) is 13.2. The van der Waals surface area contributed by atoms with E-state index in [1.54, 1.807) is 17.4 Å². The maximum Gasteiger partial charge on any atom is 0.339 e. The fourth-order valence-corrected chi connectivity index (χ4v) is 3.25. The van der Waals surface area contributed by atoms with E-state index in [9.17, 15) is 9.90 Å². The zero-order valence-electron chi connectivity index (χ0n) is 11.8. The zero-order valence-corrected chi connectivity index (χ0v) is 12.7. The van der Waals surface area contributed by atoms with Crippen molar-refractivity contribution in [3.8, 4) is 0 Å². The van der Waals surface area contributed by atoms with E-state index >= 15 is 0 Å². The van der Waals surface area contributed by atoms with E-state index in [1.807, 2.05) is 12.3 Å². The van der Waals surface area contributed by atoms with Crippen LogP contribution in [-0.4, -0.2) is 27.6 Å². The molecule has 2 aromatic heterocycles. The lowest BCUT2D eigenvalue weighted by atomic mass is 10.1. The Hall–Kier alpha value is -1.95. The summed E-state index contributed by atoms with van der Waals surface area (Å²) in [5, 5.41) is 15.6. The number of carboxylic acids is 1. The summed E-state index contributed by atoms with van der Waals surface area (Å²) in [4.78, 5) is 20.3. The number of hydrogen-bond donors (Lipinski definition) is 2. The molecule has 3 rings (SSSR count). The van der Waals surface area contributed by atoms with Gasteiger partial charge in [0.15, 0.2) is 0 Å². The standard InChI is InChI=1S/C15H17N3O2S/c1-9-17-11(8-21-9)5-6-16-14-12(15(19)20)7-10-3-2-4-13(10)18-14/h7-8H,2-6H2,1H3,(H,16,18)(H,19,20). The molecule has 6 heteroatoms. The van der Waals surface area contributed by atoms with Crippen LogP contribution in [0.2, 0.25) is 0 Å². The highest BCUT2D eigenvalue weighted by molar-refractivity contribution is 7.09. The molecule has 0 unspecified atom stereocenters. The summed E-state index contributed by atoms with van der Waals surface area (Å²) in [6, 6.07) is 1.77. The van der Waals surface area contributed by atoms with Crippen LogP contribution in [0.1, 0.15) is 38.7 Å². The molecule has 0 atom stereocenters. The summed E-state index contributed by atoms with van der Waals surface area (Å²) < 4.78 is 0. The SMILES string of the molecule is Cc1nc(CCNc2nc3c(cc2C(=O)O)CCC3)cs1. The maximum absolute atomic E-state index is 11.4. The Kier molecular flexibility index (Phi) is 3.88. The quantitative estimate of drug-likeness (QED) is 0.888. The van der Waals surface area contributed by atoms with Gasteiger partial charge in [-0.3, -0.25) is 0 Å². The van der Waals surface area contributed by atoms with Gasteiger partial charge in [0, 0.05) is 24.0 Å². The smallest absolute Gasteiger partial charge is 0.339 e. The van der Waals surface area contributed by atoms with Gasteiger partial charge in [0.1, 0.15) is 11.4 Å². The van der Waals surface area contributed by atoms with E-state index in [2.05, 4.69) is 15.3 Å². The molecule has 0 aromatic carbocycles. The molecule has 2 heterocycles. The second kappa shape index (κ2) is 5.81. The molecule has 21 heavy (non-hydrogen) atoms. The third-order valence-electron chi connectivity index (χ3n) is 3.62. The van der Waals surface area contributed by atoms with Crippen molar-refractivity contribution in [2.45, 2.75) is 32.6 Å². The van der Waals surface area contributed by atoms with Crippen molar-refractivity contribution in [2.24, 2.45) is 0 Å². The monoisotopic (exact) mass is 303 g/mol. The van der Waals surface area contributed by atoms with Gasteiger partial charge in [-0.15, -0.1) is 11.3 Å². The molecule has 1 aliphatic carbocycles. The molecule has 0 fully saturated rings. The predicted molar refractivity (Wildman–Crippen MR) is 82.3 cm³/mol. The van der Waals surface area contributed by atoms with Crippen molar-refractivity contribution in [1.29, 1.82) is 0 Å². The molecule has 0 saturated carbocycles. The molecule has 2 N–H and O–H groups in total. The molecule has 0 bridgehead atoms. The Morgan fingerprint density at radius 1 is 1.43 bits per heavy atom. The van der Waals surface area contributed by atoms with Gasteiger partial charge in [0.05, 0.1) is 10.7 Å². The van der Waals surface area contributed by atoms with Crippen LogP contribution < -0.4 is 5.32 Å². The molecule has 2 aromatic rings. The first-order chi connectivity index (χ1) is 10.1. The minimum atomic E-state index is -0.927. The lowest BCUT2D eigenvalue weighted by molar-refractivity contribution is 0.0697. The number of hydrogen-bond acceptors (Lipinski definition) is 5. The molecule has 0 radical (unpaired) electrons. The summed E-state index contributed by atoms with van der Waals surface area (Å²) in [6.45, 7) is 2.61. The first-order valence-corrected chi connectivity index (χ1v) is 7.92. The minimum absolute atomic E-state index is 0.269. The maximum atomic E-state index is 11.4. The number of carboxylic acid groups (broad SMARTS) is 1. The molecule has 0 saturated heterocycles. The van der Waals surface area contributed by atoms with Crippen LogP contribution in [0.25, 0.3) is 0 Å². The number of carbonyl (C=O) groups is 1. The van der Waals surface area contributed by atoms with Crippen LogP contribution in [0.15, 0.2) is 11.4 Å². The lowest BCUT2D eigenvalue weighted by Crippen LogP contribution is -2.13. The van der Waals surface area contributed by atoms with Crippen molar-refractivity contribution < 1.29 is 9.90 Å². The van der Waals surface area contributed by atoms with Crippen LogP contribution >= 0.6 is 11.3 Å². The van der Waals surface area contributed by atoms with Crippen molar-refractivity contribution >= 4 is 23.1 Å². The van der Waals surface area contributed by atoms with Crippen LogP contribution in [0.3, 0.4) is 0 Å². The average molecular weight is 303 g/mol. The van der Waals surface area contributed by atoms with Gasteiger partial charge in [-0.05, 0) is 37.8 Å². The first kappa shape index (κ1) is 14.0. The van der Waals surface area contributed by atoms with Gasteiger partial charge in [-0.25, -0.2) is 14.8 Å². The zero-order chi connectivity index (χ0) is 14.8. The number of thiazole rings is 1. The van der Waals surface area contributed by atoms with Crippen molar-refractivity contribution in [1.82, 2.24) is 9.97 Å². The highest BCUT2D eigenvalue weighted by Crippen LogP contribution is 2.25. The summed E-state index contributed by atoms with van der Waals surface area (Å²) in [5.41, 5.74) is 3.41. The van der Waals surface area contributed by atoms with E-state index in [-0.39, 0.29) is 5.56 Å². The van der Waals surface area contributed by atoms with Crippen LogP contribution in [-0.2, 0) is 19.3 Å². The molecular formula is C15H17N3O2S. The highest BCUT2D eigenvalue weighted by atomic mass is 32.1. The van der Waals surface area contributed by atoms with Gasteiger partial charge >= 0.3 is 5.97 Å². The number of aromatic carboxylic acids is 1. The number of fused-ring (bicyclic) bond motifs is 1. The highest BCUT2D eigenvalue weighted by Gasteiger charge is 2.19. The first-order valence-electron chi connectivity index (χ1n) is 7.04. The van der Waals surface area contributed by atoms with Gasteiger partial charge in [0.2, 0.25) is 0 Å². The Labute approximate surface area is 127 Å². The van der Waals surface area contributed by atoms with Crippen LogP contribution in [0, 0.1) is 6.92 Å². The summed E-state index contributed by atoms with van der Waals surface area (Å²) >= 11 is 1.63. The summed E-state index contributed by atoms with van der Waals surface area (Å²) in [5.74, 6) is -0.445. The fourth-order valence-electron chi connectivity index (χ4n) is 2.60. The number of nitrogens with one attached hydrogen (secondary N) is 1. The van der Waals surface area contributed by atoms with E-state index in [0.717, 1.165) is 47.6 Å². The second-order valence-corrected chi connectivity index (χ2v) is 6.25. The Balaban J connectivity index is 1.73. The van der Waals surface area contributed by atoms with Gasteiger partial charge in [-0.2, -0.15) is 0 Å². The molecule has 1 aliphatic rings. The van der Waals surface area contributed by atoms with Gasteiger partial charge < -0.3 is 10.4 Å². The lowest BCUT2D eigenvalue weighted by Gasteiger charge is -2.10. The number of anilines is 1. The van der Waals surface area contributed by atoms with E-state index in [0.29, 0.717) is 12.4 Å². The third kappa shape index (κ3) is 3.05. The Morgan fingerprint density at radius 2 is 2.29 bits per heavy atom. The van der Waals surface area contributed by atoms with E-state index in [4.69, 9.17) is 0 Å². The number of nitrogens with zero attached hydrogens (tertiary/aromatic N) is 2. The van der Waals surface area contributed by atoms with Crippen LogP contribution in [0.4, 0.5) is 5.82 Å². The largest absolute Gasteiger partial charge is 0.478 e. The average Bonchev–Trinajstić information content (AvgIpc) is 3.06. The van der Waals surface area contributed by atoms with Crippen molar-refractivity contribution in [3.63, 3.8) is 0 Å². The molecule has 0 aliphatic heterocycles. The topological polar surface area (TPSA) is 75.1 Å². The number of rotatable bonds is 5. The Bertz CT molecular complexity index is 682. The van der Waals surface area contributed by atoms with E-state index in [1.165, 1.54) is 0 Å². The molecule has 0 amide bonds. The van der Waals surface area contributed by atoms with Crippen LogP contribution in [0.5, 0.6) is 0 Å². The van der Waals surface area contributed by atoms with Gasteiger partial charge in [-0.1, -0.05) is 0 Å². The molecular weight excluding hydrogens is 286 g/mol. The van der Waals surface area contributed by atoms with Crippen molar-refractivity contribution in [3.05, 3.63) is 39.0 Å². The third-order valence-corrected chi connectivity index (χ3v) is 4.44. The minimum Gasteiger partial charge on any atom is -0.478 e. The molecule has 5 nitrogen and oxygen atoms in total. The van der Waals surface area contributed by atoms with E-state index < -0.39 is 5.97 Å². The number of aromatic nitrogens is 2. The summed E-state index contributed by atoms with van der Waals surface area (Å²) in [7, 11) is 0. The molecule has 0 spiro atoms. The number of pyridine rings is 1. The predicted octanol–water partition coefficient (Wildman–Crippen LogP) is 2.69. The second-order valence-electron chi connectivity index (χ2n) is 5.18. The van der Waals surface area contributed by atoms with Crippen molar-refractivity contribution in [2.75, 3.05) is 11.9 Å². The Morgan fingerprint density at radius 3 is 3.00 bits per heavy atom. The number of aryl methyl sites for hydroxylation is 3. The summed E-state index contributed by atoms with van der Waals surface area (Å²) in [6.07, 6.45) is 3.70.